The van der Waals surface area contributed by atoms with Gasteiger partial charge in [0.2, 0.25) is 11.8 Å². The highest BCUT2D eigenvalue weighted by Crippen LogP contribution is 2.24. The Bertz CT molecular complexity index is 488. The third kappa shape index (κ3) is 3.59. The number of rotatable bonds is 5. The van der Waals surface area contributed by atoms with E-state index in [1.165, 1.54) is 4.90 Å². The lowest BCUT2D eigenvalue weighted by atomic mass is 10.1. The zero-order chi connectivity index (χ0) is 15.6. The lowest BCUT2D eigenvalue weighted by Gasteiger charge is -2.27. The fraction of sp³-hybridized carbons (Fsp3) is 0.786. The molecule has 118 valence electrons. The van der Waals surface area contributed by atoms with E-state index in [2.05, 4.69) is 10.1 Å². The fourth-order valence-electron chi connectivity index (χ4n) is 2.54. The first-order valence-electron chi connectivity index (χ1n) is 7.34. The van der Waals surface area contributed by atoms with Crippen molar-refractivity contribution in [1.82, 2.24) is 15.0 Å². The predicted molar refractivity (Wildman–Crippen MR) is 74.5 cm³/mol. The van der Waals surface area contributed by atoms with Gasteiger partial charge in [0.1, 0.15) is 6.10 Å². The Morgan fingerprint density at radius 2 is 2.14 bits per heavy atom. The third-order valence-electron chi connectivity index (χ3n) is 3.99. The summed E-state index contributed by atoms with van der Waals surface area (Å²) in [6.45, 7) is 3.95. The number of carbonyl (C=O) groups excluding carboxylic acids is 1. The second kappa shape index (κ2) is 6.53. The largest absolute Gasteiger partial charge is 0.390 e. The molecule has 1 fully saturated rings. The van der Waals surface area contributed by atoms with Crippen LogP contribution >= 0.6 is 0 Å². The van der Waals surface area contributed by atoms with E-state index in [1.54, 1.807) is 7.05 Å². The summed E-state index contributed by atoms with van der Waals surface area (Å²) < 4.78 is 5.10. The van der Waals surface area contributed by atoms with E-state index in [0.717, 1.165) is 0 Å². The van der Waals surface area contributed by atoms with Crippen LogP contribution in [0.15, 0.2) is 4.52 Å². The number of hydrogen-bond acceptors (Lipinski definition) is 6. The maximum absolute atomic E-state index is 12.1. The van der Waals surface area contributed by atoms with Crippen molar-refractivity contribution in [3.8, 4) is 0 Å². The molecule has 1 aliphatic rings. The molecular weight excluding hydrogens is 274 g/mol. The van der Waals surface area contributed by atoms with Crippen LogP contribution in [0.1, 0.15) is 50.7 Å². The standard InChI is InChI=1S/C14H23N3O4/c1-8(2)14-15-11(21-16-14)6-7-12(19)17(3)9-4-5-10(18)13(9)20/h8-10,13,18,20H,4-7H2,1-3H3/t9-,10-,13-/m1/s1. The zero-order valence-corrected chi connectivity index (χ0v) is 12.7. The molecule has 1 heterocycles. The van der Waals surface area contributed by atoms with Crippen LogP contribution in [0.3, 0.4) is 0 Å². The van der Waals surface area contributed by atoms with Crippen LogP contribution in [0.25, 0.3) is 0 Å². The van der Waals surface area contributed by atoms with Crippen LogP contribution in [0, 0.1) is 0 Å². The topological polar surface area (TPSA) is 99.7 Å². The lowest BCUT2D eigenvalue weighted by molar-refractivity contribution is -0.134. The van der Waals surface area contributed by atoms with Gasteiger partial charge in [-0.1, -0.05) is 19.0 Å². The number of aromatic nitrogens is 2. The highest BCUT2D eigenvalue weighted by molar-refractivity contribution is 5.76. The third-order valence-corrected chi connectivity index (χ3v) is 3.99. The van der Waals surface area contributed by atoms with Gasteiger partial charge in [0, 0.05) is 25.8 Å². The molecule has 1 aliphatic carbocycles. The van der Waals surface area contributed by atoms with Gasteiger partial charge in [-0.2, -0.15) is 4.98 Å². The van der Waals surface area contributed by atoms with Gasteiger partial charge < -0.3 is 19.6 Å². The van der Waals surface area contributed by atoms with E-state index < -0.39 is 12.2 Å². The molecule has 21 heavy (non-hydrogen) atoms. The molecule has 1 saturated carbocycles. The molecule has 1 aromatic heterocycles. The van der Waals surface area contributed by atoms with Crippen molar-refractivity contribution in [2.24, 2.45) is 0 Å². The van der Waals surface area contributed by atoms with E-state index >= 15 is 0 Å². The Labute approximate surface area is 123 Å². The summed E-state index contributed by atoms with van der Waals surface area (Å²) >= 11 is 0. The van der Waals surface area contributed by atoms with Crippen LogP contribution in [0.5, 0.6) is 0 Å². The molecule has 0 saturated heterocycles. The summed E-state index contributed by atoms with van der Waals surface area (Å²) in [5.41, 5.74) is 0. The Morgan fingerprint density at radius 1 is 1.43 bits per heavy atom. The van der Waals surface area contributed by atoms with Gasteiger partial charge in [0.05, 0.1) is 12.1 Å². The minimum absolute atomic E-state index is 0.0996. The van der Waals surface area contributed by atoms with Gasteiger partial charge in [-0.05, 0) is 12.8 Å². The summed E-state index contributed by atoms with van der Waals surface area (Å²) in [6, 6.07) is -0.318. The van der Waals surface area contributed by atoms with E-state index in [4.69, 9.17) is 4.52 Å². The monoisotopic (exact) mass is 297 g/mol. The van der Waals surface area contributed by atoms with E-state index in [-0.39, 0.29) is 24.3 Å². The van der Waals surface area contributed by atoms with Gasteiger partial charge in [-0.15, -0.1) is 0 Å². The van der Waals surface area contributed by atoms with Crippen LogP contribution in [-0.2, 0) is 11.2 Å². The maximum Gasteiger partial charge on any atom is 0.227 e. The fourth-order valence-corrected chi connectivity index (χ4v) is 2.54. The number of aliphatic hydroxyl groups excluding tert-OH is 2. The molecule has 2 rings (SSSR count). The van der Waals surface area contributed by atoms with E-state index in [1.807, 2.05) is 13.8 Å². The molecule has 0 spiro atoms. The van der Waals surface area contributed by atoms with Crippen molar-refractivity contribution in [2.75, 3.05) is 7.05 Å². The van der Waals surface area contributed by atoms with Crippen molar-refractivity contribution >= 4 is 5.91 Å². The van der Waals surface area contributed by atoms with Gasteiger partial charge in [-0.3, -0.25) is 4.79 Å². The molecule has 1 amide bonds. The minimum Gasteiger partial charge on any atom is -0.390 e. The summed E-state index contributed by atoms with van der Waals surface area (Å²) in [4.78, 5) is 17.9. The first-order chi connectivity index (χ1) is 9.90. The van der Waals surface area contributed by atoms with Gasteiger partial charge >= 0.3 is 0 Å². The summed E-state index contributed by atoms with van der Waals surface area (Å²) in [5.74, 6) is 1.18. The second-order valence-corrected chi connectivity index (χ2v) is 5.91. The van der Waals surface area contributed by atoms with Crippen molar-refractivity contribution in [1.29, 1.82) is 0 Å². The number of carbonyl (C=O) groups is 1. The summed E-state index contributed by atoms with van der Waals surface area (Å²) in [5, 5.41) is 23.2. The van der Waals surface area contributed by atoms with Crippen LogP contribution in [0.2, 0.25) is 0 Å². The molecule has 0 unspecified atom stereocenters. The molecule has 0 aromatic carbocycles. The summed E-state index contributed by atoms with van der Waals surface area (Å²) in [7, 11) is 1.65. The highest BCUT2D eigenvalue weighted by atomic mass is 16.5. The number of hydrogen-bond donors (Lipinski definition) is 2. The first kappa shape index (κ1) is 15.9. The molecule has 7 heteroatoms. The first-order valence-corrected chi connectivity index (χ1v) is 7.34. The number of nitrogens with zero attached hydrogens (tertiary/aromatic N) is 3. The van der Waals surface area contributed by atoms with Crippen molar-refractivity contribution in [3.63, 3.8) is 0 Å². The van der Waals surface area contributed by atoms with E-state index in [9.17, 15) is 15.0 Å². The molecule has 1 aromatic rings. The van der Waals surface area contributed by atoms with Gasteiger partial charge in [0.25, 0.3) is 0 Å². The molecular formula is C14H23N3O4. The molecule has 0 radical (unpaired) electrons. The zero-order valence-electron chi connectivity index (χ0n) is 12.7. The second-order valence-electron chi connectivity index (χ2n) is 5.91. The molecule has 7 nitrogen and oxygen atoms in total. The molecule has 2 N–H and O–H groups in total. The molecule has 3 atom stereocenters. The average Bonchev–Trinajstić information content (AvgIpc) is 3.04. The Hall–Kier alpha value is -1.47. The van der Waals surface area contributed by atoms with Crippen molar-refractivity contribution in [2.45, 2.75) is 63.7 Å². The maximum atomic E-state index is 12.1. The Kier molecular flexibility index (Phi) is 4.95. The number of amides is 1. The van der Waals surface area contributed by atoms with Gasteiger partial charge in [-0.25, -0.2) is 0 Å². The predicted octanol–water partition coefficient (Wildman–Crippen LogP) is 0.468. The highest BCUT2D eigenvalue weighted by Gasteiger charge is 2.37. The van der Waals surface area contributed by atoms with Crippen molar-refractivity contribution < 1.29 is 19.5 Å². The van der Waals surface area contributed by atoms with E-state index in [0.29, 0.717) is 31.0 Å². The SMILES string of the molecule is CC(C)c1noc(CCC(=O)N(C)[C@@H]2CC[C@@H](O)[C@@H]2O)n1. The Morgan fingerprint density at radius 3 is 2.67 bits per heavy atom. The van der Waals surface area contributed by atoms with Crippen molar-refractivity contribution in [3.05, 3.63) is 11.7 Å². The average molecular weight is 297 g/mol. The lowest BCUT2D eigenvalue weighted by Crippen LogP contribution is -2.44. The minimum atomic E-state index is -0.866. The van der Waals surface area contributed by atoms with Crippen LogP contribution in [0.4, 0.5) is 0 Å². The Balaban J connectivity index is 1.86. The molecule has 0 bridgehead atoms. The molecule has 0 aliphatic heterocycles. The smallest absolute Gasteiger partial charge is 0.227 e. The number of aliphatic hydroxyl groups is 2. The normalized spacial score (nSPS) is 25.5. The van der Waals surface area contributed by atoms with Crippen LogP contribution < -0.4 is 0 Å². The number of aryl methyl sites for hydroxylation is 1. The summed E-state index contributed by atoms with van der Waals surface area (Å²) in [6.07, 6.45) is 0.154. The number of likely N-dealkylation sites (N-methyl/N-ethyl adjacent to an activating group) is 1. The quantitative estimate of drug-likeness (QED) is 0.819. The van der Waals surface area contributed by atoms with Gasteiger partial charge in [0.15, 0.2) is 5.82 Å². The van der Waals surface area contributed by atoms with Crippen LogP contribution in [-0.4, -0.2) is 56.5 Å².